The van der Waals surface area contributed by atoms with Gasteiger partial charge in [0.15, 0.2) is 0 Å². The van der Waals surface area contributed by atoms with Crippen molar-refractivity contribution in [2.24, 2.45) is 0 Å². The number of rotatable bonds is 9. The molecule has 0 bridgehead atoms. The van der Waals surface area contributed by atoms with Crippen molar-refractivity contribution in [2.45, 2.75) is 20.3 Å². The molecule has 0 fully saturated rings. The number of amides is 1. The van der Waals surface area contributed by atoms with E-state index >= 15 is 0 Å². The summed E-state index contributed by atoms with van der Waals surface area (Å²) in [5, 5.41) is 3.47. The molecule has 0 saturated carbocycles. The molecule has 27 heavy (non-hydrogen) atoms. The van der Waals surface area contributed by atoms with E-state index in [1.54, 1.807) is 7.11 Å². The summed E-state index contributed by atoms with van der Waals surface area (Å²) in [6.07, 6.45) is 0.887. The summed E-state index contributed by atoms with van der Waals surface area (Å²) in [6.45, 7) is 6.36. The van der Waals surface area contributed by atoms with Gasteiger partial charge in [-0.1, -0.05) is 6.07 Å². The standard InChI is InChI=1S/C22H31N3O2/c1-6-25(7-2)22(26)17-11-13-18(14-12-17)23-20-9-8-10-21(27-5)19(20)15-16-24(3)4/h8-14,23H,6-7,15-16H2,1-5H3. The van der Waals surface area contributed by atoms with Gasteiger partial charge in [0, 0.05) is 42.1 Å². The Morgan fingerprint density at radius 1 is 1.04 bits per heavy atom. The Hall–Kier alpha value is -2.53. The van der Waals surface area contributed by atoms with E-state index < -0.39 is 0 Å². The van der Waals surface area contributed by atoms with Crippen molar-refractivity contribution in [3.8, 4) is 5.75 Å². The third kappa shape index (κ3) is 5.47. The van der Waals surface area contributed by atoms with Gasteiger partial charge in [-0.15, -0.1) is 0 Å². The molecule has 0 saturated heterocycles. The summed E-state index contributed by atoms with van der Waals surface area (Å²) in [5.74, 6) is 0.954. The molecule has 0 aromatic heterocycles. The molecular formula is C22H31N3O2. The molecule has 0 aliphatic carbocycles. The molecule has 146 valence electrons. The van der Waals surface area contributed by atoms with Crippen LogP contribution in [0.15, 0.2) is 42.5 Å². The fourth-order valence-electron chi connectivity index (χ4n) is 3.01. The first-order chi connectivity index (χ1) is 13.0. The Morgan fingerprint density at radius 2 is 1.70 bits per heavy atom. The van der Waals surface area contributed by atoms with Crippen LogP contribution in [-0.4, -0.2) is 56.5 Å². The number of benzene rings is 2. The van der Waals surface area contributed by atoms with Crippen LogP contribution in [0.2, 0.25) is 0 Å². The molecule has 0 atom stereocenters. The molecular weight excluding hydrogens is 338 g/mol. The maximum Gasteiger partial charge on any atom is 0.253 e. The second-order valence-electron chi connectivity index (χ2n) is 6.72. The number of carbonyl (C=O) groups excluding carboxylic acids is 1. The van der Waals surface area contributed by atoms with E-state index in [0.717, 1.165) is 35.7 Å². The molecule has 0 spiro atoms. The number of anilines is 2. The Labute approximate surface area is 162 Å². The quantitative estimate of drug-likeness (QED) is 0.725. The first-order valence-corrected chi connectivity index (χ1v) is 9.47. The number of hydrogen-bond acceptors (Lipinski definition) is 4. The predicted molar refractivity (Wildman–Crippen MR) is 112 cm³/mol. The van der Waals surface area contributed by atoms with Crippen molar-refractivity contribution in [3.05, 3.63) is 53.6 Å². The van der Waals surface area contributed by atoms with Gasteiger partial charge in [0.25, 0.3) is 5.91 Å². The summed E-state index contributed by atoms with van der Waals surface area (Å²) in [6, 6.07) is 13.7. The Balaban J connectivity index is 2.20. The van der Waals surface area contributed by atoms with Crippen molar-refractivity contribution in [1.29, 1.82) is 0 Å². The minimum Gasteiger partial charge on any atom is -0.496 e. The summed E-state index contributed by atoms with van der Waals surface area (Å²) in [7, 11) is 5.83. The van der Waals surface area contributed by atoms with E-state index in [9.17, 15) is 4.79 Å². The first kappa shape index (κ1) is 20.8. The lowest BCUT2D eigenvalue weighted by molar-refractivity contribution is 0.0773. The lowest BCUT2D eigenvalue weighted by atomic mass is 10.1. The zero-order chi connectivity index (χ0) is 19.8. The molecule has 2 aromatic carbocycles. The average Bonchev–Trinajstić information content (AvgIpc) is 2.68. The van der Waals surface area contributed by atoms with Crippen molar-refractivity contribution < 1.29 is 9.53 Å². The van der Waals surface area contributed by atoms with Gasteiger partial charge in [-0.25, -0.2) is 0 Å². The number of ether oxygens (including phenoxy) is 1. The smallest absolute Gasteiger partial charge is 0.253 e. The van der Waals surface area contributed by atoms with E-state index in [-0.39, 0.29) is 5.91 Å². The van der Waals surface area contributed by atoms with Crippen molar-refractivity contribution in [2.75, 3.05) is 46.2 Å². The van der Waals surface area contributed by atoms with Crippen molar-refractivity contribution in [3.63, 3.8) is 0 Å². The van der Waals surface area contributed by atoms with Crippen LogP contribution in [0.3, 0.4) is 0 Å². The topological polar surface area (TPSA) is 44.8 Å². The lowest BCUT2D eigenvalue weighted by Crippen LogP contribution is -2.30. The highest BCUT2D eigenvalue weighted by Gasteiger charge is 2.13. The zero-order valence-electron chi connectivity index (χ0n) is 17.1. The number of nitrogens with one attached hydrogen (secondary N) is 1. The molecule has 0 radical (unpaired) electrons. The molecule has 2 rings (SSSR count). The van der Waals surface area contributed by atoms with E-state index in [1.807, 2.05) is 55.1 Å². The van der Waals surface area contributed by atoms with Crippen LogP contribution < -0.4 is 10.1 Å². The number of hydrogen-bond donors (Lipinski definition) is 1. The van der Waals surface area contributed by atoms with Gasteiger partial charge in [0.05, 0.1) is 7.11 Å². The van der Waals surface area contributed by atoms with Gasteiger partial charge < -0.3 is 19.9 Å². The number of likely N-dealkylation sites (N-methyl/N-ethyl adjacent to an activating group) is 1. The maximum atomic E-state index is 12.4. The van der Waals surface area contributed by atoms with Gasteiger partial charge >= 0.3 is 0 Å². The Morgan fingerprint density at radius 3 is 2.26 bits per heavy atom. The molecule has 0 aliphatic heterocycles. The minimum atomic E-state index is 0.0691. The summed E-state index contributed by atoms with van der Waals surface area (Å²) >= 11 is 0. The summed E-state index contributed by atoms with van der Waals surface area (Å²) < 4.78 is 5.55. The van der Waals surface area contributed by atoms with E-state index in [0.29, 0.717) is 18.7 Å². The number of methoxy groups -OCH3 is 1. The lowest BCUT2D eigenvalue weighted by Gasteiger charge is -2.19. The van der Waals surface area contributed by atoms with Gasteiger partial charge in [0.1, 0.15) is 5.75 Å². The van der Waals surface area contributed by atoms with Crippen LogP contribution in [0.4, 0.5) is 11.4 Å². The highest BCUT2D eigenvalue weighted by molar-refractivity contribution is 5.94. The maximum absolute atomic E-state index is 12.4. The molecule has 1 N–H and O–H groups in total. The molecule has 0 heterocycles. The second-order valence-corrected chi connectivity index (χ2v) is 6.72. The average molecular weight is 370 g/mol. The van der Waals surface area contributed by atoms with Crippen molar-refractivity contribution in [1.82, 2.24) is 9.80 Å². The molecule has 0 aliphatic rings. The Kier molecular flexibility index (Phi) is 7.67. The van der Waals surface area contributed by atoms with E-state index in [2.05, 4.69) is 30.4 Å². The summed E-state index contributed by atoms with van der Waals surface area (Å²) in [4.78, 5) is 16.4. The van der Waals surface area contributed by atoms with Crippen LogP contribution in [0.1, 0.15) is 29.8 Å². The van der Waals surface area contributed by atoms with Crippen LogP contribution in [-0.2, 0) is 6.42 Å². The van der Waals surface area contributed by atoms with Crippen LogP contribution in [0, 0.1) is 0 Å². The minimum absolute atomic E-state index is 0.0691. The normalized spacial score (nSPS) is 10.7. The number of nitrogens with zero attached hydrogens (tertiary/aromatic N) is 2. The molecule has 5 nitrogen and oxygen atoms in total. The fraction of sp³-hybridized carbons (Fsp3) is 0.409. The predicted octanol–water partition coefficient (Wildman–Crippen LogP) is 4.02. The Bertz CT molecular complexity index is 738. The van der Waals surface area contributed by atoms with Gasteiger partial charge in [-0.2, -0.15) is 0 Å². The van der Waals surface area contributed by atoms with Gasteiger partial charge in [-0.3, -0.25) is 4.79 Å². The third-order valence-corrected chi connectivity index (χ3v) is 4.62. The van der Waals surface area contributed by atoms with Gasteiger partial charge in [-0.05, 0) is 70.8 Å². The molecule has 5 heteroatoms. The SMILES string of the molecule is CCN(CC)C(=O)c1ccc(Nc2cccc(OC)c2CCN(C)C)cc1. The van der Waals surface area contributed by atoms with E-state index in [1.165, 1.54) is 0 Å². The zero-order valence-corrected chi connectivity index (χ0v) is 17.1. The highest BCUT2D eigenvalue weighted by Crippen LogP contribution is 2.29. The first-order valence-electron chi connectivity index (χ1n) is 9.47. The van der Waals surface area contributed by atoms with Crippen LogP contribution in [0.25, 0.3) is 0 Å². The highest BCUT2D eigenvalue weighted by atomic mass is 16.5. The van der Waals surface area contributed by atoms with Gasteiger partial charge in [0.2, 0.25) is 0 Å². The molecule has 1 amide bonds. The van der Waals surface area contributed by atoms with Crippen LogP contribution in [0.5, 0.6) is 5.75 Å². The number of carbonyl (C=O) groups is 1. The largest absolute Gasteiger partial charge is 0.496 e. The second kappa shape index (κ2) is 9.97. The summed E-state index contributed by atoms with van der Waals surface area (Å²) in [5.41, 5.74) is 3.84. The van der Waals surface area contributed by atoms with E-state index in [4.69, 9.17) is 4.74 Å². The third-order valence-electron chi connectivity index (χ3n) is 4.62. The fourth-order valence-corrected chi connectivity index (χ4v) is 3.01. The molecule has 0 unspecified atom stereocenters. The van der Waals surface area contributed by atoms with Crippen LogP contribution >= 0.6 is 0 Å². The van der Waals surface area contributed by atoms with Crippen molar-refractivity contribution >= 4 is 17.3 Å². The molecule has 2 aromatic rings. The monoisotopic (exact) mass is 369 g/mol.